The minimum atomic E-state index is -0.268. The van der Waals surface area contributed by atoms with Gasteiger partial charge in [0.15, 0.2) is 0 Å². The van der Waals surface area contributed by atoms with E-state index in [4.69, 9.17) is 0 Å². The maximum atomic E-state index is 12.6. The first-order valence-corrected chi connectivity index (χ1v) is 12.6. The Morgan fingerprint density at radius 1 is 0.833 bits per heavy atom. The molecule has 0 saturated heterocycles. The van der Waals surface area contributed by atoms with Gasteiger partial charge in [0.05, 0.1) is 22.4 Å². The lowest BCUT2D eigenvalue weighted by Crippen LogP contribution is -2.31. The van der Waals surface area contributed by atoms with E-state index in [-0.39, 0.29) is 18.4 Å². The molecule has 0 aliphatic carbocycles. The highest BCUT2D eigenvalue weighted by Gasteiger charge is 2.34. The van der Waals surface area contributed by atoms with Gasteiger partial charge in [0, 0.05) is 18.3 Å². The van der Waals surface area contributed by atoms with Gasteiger partial charge >= 0.3 is 0 Å². The fraction of sp³-hybridized carbons (Fsp3) is 0.133. The van der Waals surface area contributed by atoms with Gasteiger partial charge in [0.2, 0.25) is 0 Å². The van der Waals surface area contributed by atoms with Gasteiger partial charge in [-0.15, -0.1) is 11.3 Å². The minimum Gasteiger partial charge on any atom is -0.274 e. The van der Waals surface area contributed by atoms with Crippen LogP contribution in [0.4, 0.5) is 0 Å². The van der Waals surface area contributed by atoms with Crippen LogP contribution in [0.25, 0.3) is 11.6 Å². The van der Waals surface area contributed by atoms with Crippen LogP contribution in [0, 0.1) is 11.3 Å². The lowest BCUT2D eigenvalue weighted by Gasteiger charge is -2.12. The number of amides is 2. The van der Waals surface area contributed by atoms with Crippen LogP contribution in [0.5, 0.6) is 0 Å². The number of benzene rings is 3. The van der Waals surface area contributed by atoms with Crippen LogP contribution in [-0.4, -0.2) is 28.2 Å². The van der Waals surface area contributed by atoms with Crippen LogP contribution in [0.3, 0.4) is 0 Å². The molecule has 0 N–H and O–H groups in total. The Labute approximate surface area is 214 Å². The van der Waals surface area contributed by atoms with Crippen LogP contribution < -0.4 is 0 Å². The number of aryl methyl sites for hydroxylation is 2. The van der Waals surface area contributed by atoms with Crippen LogP contribution in [0.1, 0.15) is 48.1 Å². The number of carbonyl (C=O) groups excluding carboxylic acids is 2. The molecule has 0 saturated carbocycles. The number of rotatable bonds is 8. The first-order chi connectivity index (χ1) is 17.6. The van der Waals surface area contributed by atoms with E-state index in [1.165, 1.54) is 27.4 Å². The number of carbonyl (C=O) groups is 2. The van der Waals surface area contributed by atoms with E-state index in [2.05, 4.69) is 47.5 Å². The summed E-state index contributed by atoms with van der Waals surface area (Å²) in [5, 5.41) is 12.2. The second-order valence-electron chi connectivity index (χ2n) is 8.60. The van der Waals surface area contributed by atoms with Crippen molar-refractivity contribution in [1.82, 2.24) is 9.88 Å². The molecule has 2 heterocycles. The minimum absolute atomic E-state index is 0.256. The van der Waals surface area contributed by atoms with Crippen molar-refractivity contribution in [2.45, 2.75) is 19.3 Å². The van der Waals surface area contributed by atoms with Crippen LogP contribution in [0.2, 0.25) is 0 Å². The summed E-state index contributed by atoms with van der Waals surface area (Å²) >= 11 is 1.39. The Bertz CT molecular complexity index is 1450. The van der Waals surface area contributed by atoms with Gasteiger partial charge in [-0.25, -0.2) is 4.98 Å². The first-order valence-electron chi connectivity index (χ1n) is 11.8. The Morgan fingerprint density at radius 3 is 2.08 bits per heavy atom. The molecule has 5 rings (SSSR count). The van der Waals surface area contributed by atoms with Crippen molar-refractivity contribution in [1.29, 1.82) is 5.26 Å². The van der Waals surface area contributed by atoms with Gasteiger partial charge in [-0.1, -0.05) is 66.7 Å². The van der Waals surface area contributed by atoms with E-state index in [0.717, 1.165) is 24.1 Å². The Kier molecular flexibility index (Phi) is 6.83. The summed E-state index contributed by atoms with van der Waals surface area (Å²) in [6.07, 6.45) is 4.23. The maximum Gasteiger partial charge on any atom is 0.261 e. The highest BCUT2D eigenvalue weighted by Crippen LogP contribution is 2.25. The molecule has 2 amide bonds. The Morgan fingerprint density at radius 2 is 1.44 bits per heavy atom. The van der Waals surface area contributed by atoms with Crippen molar-refractivity contribution in [3.8, 4) is 6.07 Å². The van der Waals surface area contributed by atoms with Gasteiger partial charge in [-0.2, -0.15) is 5.26 Å². The second kappa shape index (κ2) is 10.5. The zero-order chi connectivity index (χ0) is 24.9. The van der Waals surface area contributed by atoms with Gasteiger partial charge in [0.1, 0.15) is 11.1 Å². The van der Waals surface area contributed by atoms with Crippen molar-refractivity contribution in [3.63, 3.8) is 0 Å². The third kappa shape index (κ3) is 5.02. The molecule has 1 aliphatic heterocycles. The number of hydrogen-bond acceptors (Lipinski definition) is 5. The summed E-state index contributed by atoms with van der Waals surface area (Å²) in [7, 11) is 0. The van der Waals surface area contributed by atoms with E-state index in [1.807, 2.05) is 29.7 Å². The highest BCUT2D eigenvalue weighted by atomic mass is 32.1. The largest absolute Gasteiger partial charge is 0.274 e. The molecule has 0 radical (unpaired) electrons. The van der Waals surface area contributed by atoms with Gasteiger partial charge in [-0.3, -0.25) is 14.5 Å². The number of aromatic nitrogens is 1. The highest BCUT2D eigenvalue weighted by molar-refractivity contribution is 7.11. The van der Waals surface area contributed by atoms with Crippen molar-refractivity contribution < 1.29 is 9.59 Å². The van der Waals surface area contributed by atoms with Gasteiger partial charge in [0.25, 0.3) is 11.8 Å². The van der Waals surface area contributed by atoms with Crippen molar-refractivity contribution >= 4 is 34.8 Å². The van der Waals surface area contributed by atoms with Crippen LogP contribution in [0.15, 0.2) is 84.2 Å². The van der Waals surface area contributed by atoms with E-state index < -0.39 is 0 Å². The molecule has 6 heteroatoms. The molecule has 0 bridgehead atoms. The number of nitriles is 1. The molecule has 0 atom stereocenters. The third-order valence-electron chi connectivity index (χ3n) is 6.21. The first kappa shape index (κ1) is 23.4. The van der Waals surface area contributed by atoms with E-state index in [9.17, 15) is 14.9 Å². The number of nitrogens with zero attached hydrogens (tertiary/aromatic N) is 3. The zero-order valence-corrected chi connectivity index (χ0v) is 20.4. The summed E-state index contributed by atoms with van der Waals surface area (Å²) in [6, 6.07) is 27.8. The molecule has 4 aromatic rings. The third-order valence-corrected chi connectivity index (χ3v) is 7.13. The van der Waals surface area contributed by atoms with Crippen molar-refractivity contribution in [2.75, 3.05) is 6.54 Å². The Balaban J connectivity index is 1.22. The normalized spacial score (nSPS) is 13.1. The predicted octanol–water partition coefficient (Wildman–Crippen LogP) is 5.83. The summed E-state index contributed by atoms with van der Waals surface area (Å²) in [6.45, 7) is 0.256. The van der Waals surface area contributed by atoms with Gasteiger partial charge < -0.3 is 0 Å². The summed E-state index contributed by atoms with van der Waals surface area (Å²) < 4.78 is 0. The van der Waals surface area contributed by atoms with Gasteiger partial charge in [-0.05, 0) is 47.7 Å². The quantitative estimate of drug-likeness (QED) is 0.231. The molecule has 36 heavy (non-hydrogen) atoms. The van der Waals surface area contributed by atoms with E-state index in [1.54, 1.807) is 24.3 Å². The zero-order valence-electron chi connectivity index (χ0n) is 19.6. The summed E-state index contributed by atoms with van der Waals surface area (Å²) in [4.78, 5) is 31.0. The number of fused-ring (bicyclic) bond motifs is 1. The number of thiazole rings is 1. The fourth-order valence-electron chi connectivity index (χ4n) is 4.24. The molecule has 176 valence electrons. The average Bonchev–Trinajstić information content (AvgIpc) is 3.49. The van der Waals surface area contributed by atoms with E-state index >= 15 is 0 Å². The average molecular weight is 490 g/mol. The SMILES string of the molecule is N#C/C(=C/c1ccc(CCc2ccccc2)cc1)c1nc(CCN2C(=O)c3ccccc3C2=O)cs1. The molecule has 5 nitrogen and oxygen atoms in total. The fourth-order valence-corrected chi connectivity index (χ4v) is 5.06. The molecular weight excluding hydrogens is 466 g/mol. The second-order valence-corrected chi connectivity index (χ2v) is 9.46. The Hall–Kier alpha value is -4.34. The van der Waals surface area contributed by atoms with Crippen LogP contribution in [-0.2, 0) is 19.3 Å². The van der Waals surface area contributed by atoms with Crippen molar-refractivity contribution in [2.24, 2.45) is 0 Å². The molecule has 0 fully saturated rings. The van der Waals surface area contributed by atoms with E-state index in [0.29, 0.717) is 28.1 Å². The molecule has 1 aromatic heterocycles. The number of allylic oxidation sites excluding steroid dienone is 1. The number of hydrogen-bond donors (Lipinski definition) is 0. The molecule has 1 aliphatic rings. The lowest BCUT2D eigenvalue weighted by molar-refractivity contribution is 0.0656. The van der Waals surface area contributed by atoms with Crippen molar-refractivity contribution in [3.05, 3.63) is 123 Å². The topological polar surface area (TPSA) is 74.1 Å². The van der Waals surface area contributed by atoms with Crippen LogP contribution >= 0.6 is 11.3 Å². The number of imide groups is 1. The standard InChI is InChI=1S/C30H23N3O2S/c31-19-24(18-23-14-12-22(13-15-23)11-10-21-6-2-1-3-7-21)28-32-25(20-36-28)16-17-33-29(34)26-8-4-5-9-27(26)30(33)35/h1-9,12-15,18,20H,10-11,16-17H2/b24-18-. The lowest BCUT2D eigenvalue weighted by atomic mass is 10.0. The summed E-state index contributed by atoms with van der Waals surface area (Å²) in [5.41, 5.74) is 5.64. The molecular formula is C30H23N3O2S. The summed E-state index contributed by atoms with van der Waals surface area (Å²) in [5.74, 6) is -0.535. The molecule has 0 spiro atoms. The smallest absolute Gasteiger partial charge is 0.261 e. The monoisotopic (exact) mass is 489 g/mol. The molecule has 3 aromatic carbocycles. The predicted molar refractivity (Wildman–Crippen MR) is 141 cm³/mol. The maximum absolute atomic E-state index is 12.6. The molecule has 0 unspecified atom stereocenters.